The van der Waals surface area contributed by atoms with Crippen LogP contribution in [0, 0.1) is 5.82 Å². The van der Waals surface area contributed by atoms with Crippen molar-refractivity contribution < 1.29 is 23.2 Å². The van der Waals surface area contributed by atoms with Gasteiger partial charge in [-0.25, -0.2) is 9.18 Å². The summed E-state index contributed by atoms with van der Waals surface area (Å²) in [6.07, 6.45) is 2.03. The molecule has 0 amide bonds. The highest BCUT2D eigenvalue weighted by atomic mass is 19.1. The number of pyridine rings is 1. The standard InChI is InChI=1S/C27H21FN2O3/c1-32-21-11-12-24-23(15-21)22-13-14-30(16-17-3-9-20(28)10-4-17)26(25(22)29-24)18-5-7-19(8-6-18)27(31)33-2/h3-15H,16H2,1-2H3/p+1. The molecule has 0 atom stereocenters. The van der Waals surface area contributed by atoms with E-state index in [9.17, 15) is 9.18 Å². The molecular formula is C27H22FN2O3+. The number of aromatic amines is 1. The average molecular weight is 441 g/mol. The zero-order valence-corrected chi connectivity index (χ0v) is 18.3. The number of fused-ring (bicyclic) bond motifs is 3. The van der Waals surface area contributed by atoms with E-state index in [-0.39, 0.29) is 11.8 Å². The van der Waals surface area contributed by atoms with Crippen molar-refractivity contribution in [2.24, 2.45) is 0 Å². The van der Waals surface area contributed by atoms with E-state index in [2.05, 4.69) is 15.6 Å². The van der Waals surface area contributed by atoms with Crippen LogP contribution >= 0.6 is 0 Å². The second-order valence-corrected chi connectivity index (χ2v) is 7.81. The van der Waals surface area contributed by atoms with Crippen molar-refractivity contribution in [3.8, 4) is 17.0 Å². The molecule has 2 heterocycles. The van der Waals surface area contributed by atoms with Crippen molar-refractivity contribution in [2.75, 3.05) is 14.2 Å². The molecule has 5 nitrogen and oxygen atoms in total. The van der Waals surface area contributed by atoms with Crippen molar-refractivity contribution in [1.29, 1.82) is 0 Å². The van der Waals surface area contributed by atoms with Gasteiger partial charge in [-0.2, -0.15) is 4.57 Å². The second-order valence-electron chi connectivity index (χ2n) is 7.81. The molecule has 0 spiro atoms. The molecule has 0 aliphatic carbocycles. The summed E-state index contributed by atoms with van der Waals surface area (Å²) in [5.41, 5.74) is 5.33. The number of ether oxygens (including phenoxy) is 2. The molecule has 2 aromatic heterocycles. The highest BCUT2D eigenvalue weighted by Crippen LogP contribution is 2.33. The van der Waals surface area contributed by atoms with E-state index in [4.69, 9.17) is 9.47 Å². The first-order valence-electron chi connectivity index (χ1n) is 10.5. The number of halogens is 1. The number of aromatic nitrogens is 2. The summed E-state index contributed by atoms with van der Waals surface area (Å²) in [5, 5.41) is 2.12. The van der Waals surface area contributed by atoms with Gasteiger partial charge in [0, 0.05) is 33.5 Å². The Kier molecular flexibility index (Phi) is 5.26. The minimum absolute atomic E-state index is 0.262. The normalized spacial score (nSPS) is 11.1. The van der Waals surface area contributed by atoms with Gasteiger partial charge >= 0.3 is 5.97 Å². The predicted molar refractivity (Wildman–Crippen MR) is 125 cm³/mol. The second kappa shape index (κ2) is 8.39. The number of hydrogen-bond donors (Lipinski definition) is 1. The lowest BCUT2D eigenvalue weighted by atomic mass is 10.0. The van der Waals surface area contributed by atoms with Crippen LogP contribution in [0.5, 0.6) is 5.75 Å². The third-order valence-electron chi connectivity index (χ3n) is 5.84. The van der Waals surface area contributed by atoms with E-state index in [0.717, 1.165) is 44.4 Å². The summed E-state index contributed by atoms with van der Waals surface area (Å²) in [4.78, 5) is 15.5. The molecule has 0 aliphatic rings. The summed E-state index contributed by atoms with van der Waals surface area (Å²) < 4.78 is 25.8. The maximum absolute atomic E-state index is 13.4. The van der Waals surface area contributed by atoms with E-state index in [1.165, 1.54) is 19.2 Å². The first-order chi connectivity index (χ1) is 16.1. The number of nitrogens with one attached hydrogen (secondary N) is 1. The Morgan fingerprint density at radius 3 is 2.39 bits per heavy atom. The van der Waals surface area contributed by atoms with Gasteiger partial charge in [0.1, 0.15) is 17.1 Å². The number of esters is 1. The summed E-state index contributed by atoms with van der Waals surface area (Å²) in [6.45, 7) is 0.559. The first kappa shape index (κ1) is 20.7. The van der Waals surface area contributed by atoms with Crippen LogP contribution in [0.3, 0.4) is 0 Å². The molecule has 0 saturated heterocycles. The van der Waals surface area contributed by atoms with E-state index in [0.29, 0.717) is 12.1 Å². The molecule has 33 heavy (non-hydrogen) atoms. The Balaban J connectivity index is 1.72. The molecule has 164 valence electrons. The van der Waals surface area contributed by atoms with Crippen LogP contribution in [0.25, 0.3) is 33.1 Å². The van der Waals surface area contributed by atoms with Gasteiger partial charge in [0.15, 0.2) is 12.7 Å². The maximum atomic E-state index is 13.4. The van der Waals surface area contributed by atoms with E-state index >= 15 is 0 Å². The minimum atomic E-state index is -0.378. The highest BCUT2D eigenvalue weighted by molar-refractivity contribution is 6.10. The Hall–Kier alpha value is -4.19. The smallest absolute Gasteiger partial charge is 0.337 e. The molecule has 5 rings (SSSR count). The van der Waals surface area contributed by atoms with Gasteiger partial charge in [-0.05, 0) is 66.7 Å². The molecule has 3 aromatic carbocycles. The Labute approximate surface area is 190 Å². The van der Waals surface area contributed by atoms with Crippen LogP contribution in [-0.4, -0.2) is 25.2 Å². The fraction of sp³-hybridized carbons (Fsp3) is 0.111. The van der Waals surface area contributed by atoms with Crippen molar-refractivity contribution >= 4 is 27.8 Å². The van der Waals surface area contributed by atoms with Crippen molar-refractivity contribution in [2.45, 2.75) is 6.54 Å². The molecule has 5 aromatic rings. The highest BCUT2D eigenvalue weighted by Gasteiger charge is 2.22. The number of hydrogen-bond acceptors (Lipinski definition) is 3. The van der Waals surface area contributed by atoms with Crippen LogP contribution in [0.1, 0.15) is 15.9 Å². The molecule has 1 N–H and O–H groups in total. The van der Waals surface area contributed by atoms with Gasteiger partial charge in [0.25, 0.3) is 0 Å². The van der Waals surface area contributed by atoms with Crippen LogP contribution in [0.4, 0.5) is 4.39 Å². The molecule has 0 radical (unpaired) electrons. The summed E-state index contributed by atoms with van der Waals surface area (Å²) in [5.74, 6) is 0.148. The fourth-order valence-electron chi connectivity index (χ4n) is 4.17. The van der Waals surface area contributed by atoms with E-state index in [1.54, 1.807) is 31.4 Å². The number of carbonyl (C=O) groups is 1. The zero-order valence-electron chi connectivity index (χ0n) is 18.3. The number of rotatable bonds is 5. The largest absolute Gasteiger partial charge is 0.497 e. The fourth-order valence-corrected chi connectivity index (χ4v) is 4.17. The van der Waals surface area contributed by atoms with Gasteiger partial charge in [-0.1, -0.05) is 0 Å². The van der Waals surface area contributed by atoms with Crippen molar-refractivity contribution in [3.63, 3.8) is 0 Å². The van der Waals surface area contributed by atoms with Gasteiger partial charge < -0.3 is 14.5 Å². The minimum Gasteiger partial charge on any atom is -0.497 e. The van der Waals surface area contributed by atoms with Crippen LogP contribution < -0.4 is 9.30 Å². The molecule has 0 bridgehead atoms. The van der Waals surface area contributed by atoms with Gasteiger partial charge in [-0.3, -0.25) is 0 Å². The quantitative estimate of drug-likeness (QED) is 0.299. The summed E-state index contributed by atoms with van der Waals surface area (Å²) in [6, 6.07) is 21.9. The Morgan fingerprint density at radius 2 is 1.70 bits per heavy atom. The molecule has 6 heteroatoms. The third-order valence-corrected chi connectivity index (χ3v) is 5.84. The lowest BCUT2D eigenvalue weighted by molar-refractivity contribution is -0.676. The Bertz CT molecular complexity index is 1470. The third kappa shape index (κ3) is 3.80. The molecule has 0 aliphatic heterocycles. The molecular weight excluding hydrogens is 419 g/mol. The molecule has 0 saturated carbocycles. The van der Waals surface area contributed by atoms with Crippen LogP contribution in [0.2, 0.25) is 0 Å². The Morgan fingerprint density at radius 1 is 0.939 bits per heavy atom. The van der Waals surface area contributed by atoms with Gasteiger partial charge in [0.2, 0.25) is 5.69 Å². The molecule has 0 unspecified atom stereocenters. The van der Waals surface area contributed by atoms with Crippen molar-refractivity contribution in [3.05, 3.63) is 95.9 Å². The average Bonchev–Trinajstić information content (AvgIpc) is 3.22. The topological polar surface area (TPSA) is 55.2 Å². The SMILES string of the molecule is COC(=O)c1ccc(-c2c3[nH]c4ccc(OC)cc4c3cc[n+]2Cc2ccc(F)cc2)cc1. The van der Waals surface area contributed by atoms with Crippen LogP contribution in [0.15, 0.2) is 79.0 Å². The predicted octanol–water partition coefficient (Wildman–Crippen LogP) is 5.26. The number of nitrogens with zero attached hydrogens (tertiary/aromatic N) is 1. The summed E-state index contributed by atoms with van der Waals surface area (Å²) in [7, 11) is 3.02. The van der Waals surface area contributed by atoms with Crippen molar-refractivity contribution in [1.82, 2.24) is 4.98 Å². The molecule has 0 fully saturated rings. The van der Waals surface area contributed by atoms with E-state index < -0.39 is 0 Å². The first-order valence-corrected chi connectivity index (χ1v) is 10.5. The zero-order chi connectivity index (χ0) is 22.9. The monoisotopic (exact) mass is 441 g/mol. The number of H-pyrrole nitrogens is 1. The lowest BCUT2D eigenvalue weighted by Gasteiger charge is -2.07. The number of methoxy groups -OCH3 is 2. The van der Waals surface area contributed by atoms with Crippen LogP contribution in [-0.2, 0) is 11.3 Å². The lowest BCUT2D eigenvalue weighted by Crippen LogP contribution is -2.36. The maximum Gasteiger partial charge on any atom is 0.337 e. The number of benzene rings is 3. The number of carbonyl (C=O) groups excluding carboxylic acids is 1. The summed E-state index contributed by atoms with van der Waals surface area (Å²) >= 11 is 0. The van der Waals surface area contributed by atoms with Gasteiger partial charge in [-0.15, -0.1) is 0 Å². The van der Waals surface area contributed by atoms with Gasteiger partial charge in [0.05, 0.1) is 19.8 Å². The van der Waals surface area contributed by atoms with E-state index in [1.807, 2.05) is 36.5 Å².